The number of halogens is 2. The molecular weight excluding hydrogens is 293 g/mol. The molecule has 0 fully saturated rings. The van der Waals surface area contributed by atoms with Crippen molar-refractivity contribution in [1.82, 2.24) is 0 Å². The zero-order valence-corrected chi connectivity index (χ0v) is 11.5. The van der Waals surface area contributed by atoms with Crippen molar-refractivity contribution in [1.29, 1.82) is 0 Å². The van der Waals surface area contributed by atoms with E-state index >= 15 is 0 Å². The van der Waals surface area contributed by atoms with Gasteiger partial charge in [0, 0.05) is 11.1 Å². The summed E-state index contributed by atoms with van der Waals surface area (Å²) in [6.45, 7) is 0. The van der Waals surface area contributed by atoms with Gasteiger partial charge in [-0.1, -0.05) is 29.8 Å². The summed E-state index contributed by atoms with van der Waals surface area (Å²) in [5.41, 5.74) is 1.14. The van der Waals surface area contributed by atoms with E-state index in [-0.39, 0.29) is 5.57 Å². The highest BCUT2D eigenvalue weighted by Gasteiger charge is 2.33. The second kappa shape index (κ2) is 5.14. The third-order valence-corrected chi connectivity index (χ3v) is 3.38. The number of hydrogen-bond donors (Lipinski definition) is 0. The SMILES string of the molecule is O=C1C=C(c2ccc(F)cc2)C(=O)N1c1cccc(Cl)c1. The van der Waals surface area contributed by atoms with Crippen molar-refractivity contribution in [3.8, 4) is 0 Å². The van der Waals surface area contributed by atoms with Gasteiger partial charge in [0.05, 0.1) is 11.3 Å². The fraction of sp³-hybridized carbons (Fsp3) is 0. The Labute approximate surface area is 125 Å². The molecule has 5 heteroatoms. The second-order valence-electron chi connectivity index (χ2n) is 4.52. The Hall–Kier alpha value is -2.46. The number of imide groups is 1. The lowest BCUT2D eigenvalue weighted by atomic mass is 10.1. The van der Waals surface area contributed by atoms with E-state index in [1.165, 1.54) is 30.3 Å². The number of anilines is 1. The maximum Gasteiger partial charge on any atom is 0.266 e. The monoisotopic (exact) mass is 301 g/mol. The molecule has 2 amide bonds. The van der Waals surface area contributed by atoms with Gasteiger partial charge in [0.25, 0.3) is 11.8 Å². The van der Waals surface area contributed by atoms with Gasteiger partial charge in [-0.15, -0.1) is 0 Å². The molecule has 0 N–H and O–H groups in total. The number of rotatable bonds is 2. The fourth-order valence-corrected chi connectivity index (χ4v) is 2.35. The molecule has 0 bridgehead atoms. The van der Waals surface area contributed by atoms with E-state index in [2.05, 4.69) is 0 Å². The van der Waals surface area contributed by atoms with Gasteiger partial charge < -0.3 is 0 Å². The lowest BCUT2D eigenvalue weighted by Gasteiger charge is -2.15. The van der Waals surface area contributed by atoms with Crippen LogP contribution in [0.1, 0.15) is 5.56 Å². The smallest absolute Gasteiger partial charge is 0.266 e. The van der Waals surface area contributed by atoms with Crippen LogP contribution in [-0.2, 0) is 9.59 Å². The Morgan fingerprint density at radius 2 is 1.71 bits per heavy atom. The second-order valence-corrected chi connectivity index (χ2v) is 4.96. The normalized spacial score (nSPS) is 14.6. The molecule has 0 atom stereocenters. The first kappa shape index (κ1) is 13.5. The molecule has 0 radical (unpaired) electrons. The summed E-state index contributed by atoms with van der Waals surface area (Å²) in [6, 6.07) is 11.9. The molecule has 0 aromatic heterocycles. The number of amides is 2. The van der Waals surface area contributed by atoms with Gasteiger partial charge in [-0.05, 0) is 35.9 Å². The maximum atomic E-state index is 12.9. The average molecular weight is 302 g/mol. The number of carbonyl (C=O) groups is 2. The lowest BCUT2D eigenvalue weighted by Crippen LogP contribution is -2.30. The predicted molar refractivity (Wildman–Crippen MR) is 78.3 cm³/mol. The molecular formula is C16H9ClFNO2. The van der Waals surface area contributed by atoms with E-state index in [0.717, 1.165) is 4.90 Å². The molecule has 104 valence electrons. The highest BCUT2D eigenvalue weighted by Crippen LogP contribution is 2.29. The molecule has 0 saturated heterocycles. The van der Waals surface area contributed by atoms with Crippen molar-refractivity contribution in [2.24, 2.45) is 0 Å². The van der Waals surface area contributed by atoms with Crippen LogP contribution in [-0.4, -0.2) is 11.8 Å². The number of benzene rings is 2. The predicted octanol–water partition coefficient (Wildman–Crippen LogP) is 3.44. The summed E-state index contributed by atoms with van der Waals surface area (Å²) in [7, 11) is 0. The Morgan fingerprint density at radius 1 is 1.00 bits per heavy atom. The zero-order valence-electron chi connectivity index (χ0n) is 10.7. The van der Waals surface area contributed by atoms with Crippen LogP contribution in [0.25, 0.3) is 5.57 Å². The van der Waals surface area contributed by atoms with Crippen molar-refractivity contribution in [2.75, 3.05) is 4.90 Å². The number of carbonyl (C=O) groups excluding carboxylic acids is 2. The minimum Gasteiger partial charge on any atom is -0.269 e. The topological polar surface area (TPSA) is 37.4 Å². The van der Waals surface area contributed by atoms with Gasteiger partial charge in [-0.3, -0.25) is 9.59 Å². The van der Waals surface area contributed by atoms with Crippen LogP contribution in [0.15, 0.2) is 54.6 Å². The summed E-state index contributed by atoms with van der Waals surface area (Å²) in [5.74, 6) is -1.29. The standard InChI is InChI=1S/C16H9ClFNO2/c17-11-2-1-3-13(8-11)19-15(20)9-14(16(19)21)10-4-6-12(18)7-5-10/h1-9H. The zero-order chi connectivity index (χ0) is 15.0. The summed E-state index contributed by atoms with van der Waals surface area (Å²) in [5, 5.41) is 0.434. The molecule has 2 aromatic carbocycles. The molecule has 3 nitrogen and oxygen atoms in total. The first-order valence-corrected chi connectivity index (χ1v) is 6.56. The van der Waals surface area contributed by atoms with E-state index in [1.54, 1.807) is 24.3 Å². The van der Waals surface area contributed by atoms with Crippen LogP contribution < -0.4 is 4.90 Å². The minimum absolute atomic E-state index is 0.236. The number of hydrogen-bond acceptors (Lipinski definition) is 2. The van der Waals surface area contributed by atoms with Crippen LogP contribution in [0.5, 0.6) is 0 Å². The average Bonchev–Trinajstić information content (AvgIpc) is 2.75. The van der Waals surface area contributed by atoms with Crippen molar-refractivity contribution < 1.29 is 14.0 Å². The van der Waals surface area contributed by atoms with Crippen molar-refractivity contribution in [2.45, 2.75) is 0 Å². The summed E-state index contributed by atoms with van der Waals surface area (Å²) in [6.07, 6.45) is 1.25. The first-order chi connectivity index (χ1) is 10.1. The van der Waals surface area contributed by atoms with E-state index in [0.29, 0.717) is 16.3 Å². The molecule has 3 rings (SSSR count). The van der Waals surface area contributed by atoms with Gasteiger partial charge in [0.1, 0.15) is 5.82 Å². The fourth-order valence-electron chi connectivity index (χ4n) is 2.17. The van der Waals surface area contributed by atoms with Crippen LogP contribution in [0, 0.1) is 5.82 Å². The minimum atomic E-state index is -0.450. The molecule has 2 aromatic rings. The van der Waals surface area contributed by atoms with Gasteiger partial charge in [-0.25, -0.2) is 9.29 Å². The molecule has 21 heavy (non-hydrogen) atoms. The van der Waals surface area contributed by atoms with E-state index in [4.69, 9.17) is 11.6 Å². The Balaban J connectivity index is 1.97. The van der Waals surface area contributed by atoms with Crippen LogP contribution in [0.2, 0.25) is 5.02 Å². The van der Waals surface area contributed by atoms with Crippen molar-refractivity contribution >= 4 is 34.7 Å². The van der Waals surface area contributed by atoms with Crippen LogP contribution >= 0.6 is 11.6 Å². The van der Waals surface area contributed by atoms with Crippen LogP contribution in [0.4, 0.5) is 10.1 Å². The maximum absolute atomic E-state index is 12.9. The molecule has 0 spiro atoms. The van der Waals surface area contributed by atoms with E-state index in [1.807, 2.05) is 0 Å². The third kappa shape index (κ3) is 2.45. The number of nitrogens with zero attached hydrogens (tertiary/aromatic N) is 1. The van der Waals surface area contributed by atoms with Gasteiger partial charge in [0.15, 0.2) is 0 Å². The summed E-state index contributed by atoms with van der Waals surface area (Å²) < 4.78 is 12.9. The first-order valence-electron chi connectivity index (χ1n) is 6.18. The molecule has 1 aliphatic rings. The summed E-state index contributed by atoms with van der Waals surface area (Å²) in [4.78, 5) is 25.5. The van der Waals surface area contributed by atoms with Gasteiger partial charge in [0.2, 0.25) is 0 Å². The highest BCUT2D eigenvalue weighted by atomic mass is 35.5. The van der Waals surface area contributed by atoms with Gasteiger partial charge >= 0.3 is 0 Å². The quantitative estimate of drug-likeness (QED) is 0.797. The van der Waals surface area contributed by atoms with Crippen molar-refractivity contribution in [3.63, 3.8) is 0 Å². The molecule has 0 aliphatic carbocycles. The lowest BCUT2D eigenvalue weighted by molar-refractivity contribution is -0.119. The molecule has 0 saturated carbocycles. The molecule has 1 heterocycles. The largest absolute Gasteiger partial charge is 0.269 e. The highest BCUT2D eigenvalue weighted by molar-refractivity contribution is 6.43. The van der Waals surface area contributed by atoms with E-state index in [9.17, 15) is 14.0 Å². The van der Waals surface area contributed by atoms with Crippen molar-refractivity contribution in [3.05, 3.63) is 71.0 Å². The molecule has 1 aliphatic heterocycles. The van der Waals surface area contributed by atoms with Crippen LogP contribution in [0.3, 0.4) is 0 Å². The van der Waals surface area contributed by atoms with Gasteiger partial charge in [-0.2, -0.15) is 0 Å². The third-order valence-electron chi connectivity index (χ3n) is 3.14. The Kier molecular flexibility index (Phi) is 3.31. The Morgan fingerprint density at radius 3 is 2.38 bits per heavy atom. The van der Waals surface area contributed by atoms with E-state index < -0.39 is 17.6 Å². The summed E-state index contributed by atoms with van der Waals surface area (Å²) >= 11 is 5.88. The Bertz CT molecular complexity index is 768. The molecule has 0 unspecified atom stereocenters.